The number of piperidine rings is 1. The molecule has 0 saturated carbocycles. The predicted octanol–water partition coefficient (Wildman–Crippen LogP) is 0.805. The van der Waals surface area contributed by atoms with Crippen molar-refractivity contribution in [3.63, 3.8) is 0 Å². The van der Waals surface area contributed by atoms with E-state index in [0.717, 1.165) is 6.61 Å². The average molecular weight is 184 g/mol. The molecule has 0 radical (unpaired) electrons. The van der Waals surface area contributed by atoms with Crippen LogP contribution in [0.2, 0.25) is 0 Å². The van der Waals surface area contributed by atoms with Gasteiger partial charge in [0, 0.05) is 12.1 Å². The number of nitrogens with zero attached hydrogens (tertiary/aromatic N) is 1. The van der Waals surface area contributed by atoms with Gasteiger partial charge in [0.15, 0.2) is 0 Å². The molecule has 3 unspecified atom stereocenters. The monoisotopic (exact) mass is 184 g/mol. The van der Waals surface area contributed by atoms with Crippen LogP contribution in [0.25, 0.3) is 0 Å². The minimum Gasteiger partial charge on any atom is -0.360 e. The maximum atomic E-state index is 5.72. The van der Waals surface area contributed by atoms with Crippen LogP contribution in [0.1, 0.15) is 26.2 Å². The smallest absolute Gasteiger partial charge is 0.124 e. The molecular formula is C10H20N2O. The maximum absolute atomic E-state index is 5.72. The predicted molar refractivity (Wildman–Crippen MR) is 52.6 cm³/mol. The van der Waals surface area contributed by atoms with Gasteiger partial charge in [0.1, 0.15) is 6.23 Å². The van der Waals surface area contributed by atoms with Gasteiger partial charge < -0.3 is 4.74 Å². The van der Waals surface area contributed by atoms with Gasteiger partial charge in [-0.2, -0.15) is 0 Å². The van der Waals surface area contributed by atoms with Crippen molar-refractivity contribution in [2.45, 2.75) is 44.5 Å². The molecule has 0 aromatic heterocycles. The van der Waals surface area contributed by atoms with Gasteiger partial charge in [-0.15, -0.1) is 0 Å². The van der Waals surface area contributed by atoms with Crippen LogP contribution in [-0.4, -0.2) is 43.4 Å². The lowest BCUT2D eigenvalue weighted by Gasteiger charge is -2.35. The number of hydrogen-bond donors (Lipinski definition) is 1. The molecule has 2 aliphatic heterocycles. The Morgan fingerprint density at radius 1 is 1.38 bits per heavy atom. The third kappa shape index (κ3) is 2.03. The number of hydrogen-bond acceptors (Lipinski definition) is 3. The van der Waals surface area contributed by atoms with E-state index in [1.807, 2.05) is 0 Å². The van der Waals surface area contributed by atoms with E-state index in [-0.39, 0.29) is 6.23 Å². The summed E-state index contributed by atoms with van der Waals surface area (Å²) in [7, 11) is 2.21. The van der Waals surface area contributed by atoms with E-state index in [1.165, 1.54) is 25.8 Å². The summed E-state index contributed by atoms with van der Waals surface area (Å²) in [5.74, 6) is 0. The summed E-state index contributed by atoms with van der Waals surface area (Å²) in [4.78, 5) is 2.43. The van der Waals surface area contributed by atoms with E-state index < -0.39 is 0 Å². The number of likely N-dealkylation sites (tertiary alicyclic amines) is 1. The molecule has 2 fully saturated rings. The van der Waals surface area contributed by atoms with E-state index in [1.54, 1.807) is 0 Å². The first-order valence-corrected chi connectivity index (χ1v) is 5.35. The van der Waals surface area contributed by atoms with Gasteiger partial charge in [-0.05, 0) is 33.4 Å². The van der Waals surface area contributed by atoms with Crippen LogP contribution in [0.3, 0.4) is 0 Å². The van der Waals surface area contributed by atoms with Crippen molar-refractivity contribution in [2.75, 3.05) is 20.2 Å². The topological polar surface area (TPSA) is 24.5 Å². The van der Waals surface area contributed by atoms with Gasteiger partial charge in [-0.1, -0.05) is 6.42 Å². The van der Waals surface area contributed by atoms with E-state index in [9.17, 15) is 0 Å². The van der Waals surface area contributed by atoms with Crippen molar-refractivity contribution in [1.82, 2.24) is 10.2 Å². The summed E-state index contributed by atoms with van der Waals surface area (Å²) in [6.45, 7) is 4.28. The Balaban J connectivity index is 1.91. The van der Waals surface area contributed by atoms with Crippen LogP contribution in [0.5, 0.6) is 0 Å². The average Bonchev–Trinajstić information content (AvgIpc) is 2.53. The number of likely N-dealkylation sites (N-methyl/N-ethyl adjacent to an activating group) is 1. The minimum absolute atomic E-state index is 0.278. The lowest BCUT2D eigenvalue weighted by atomic mass is 10.0. The fraction of sp³-hybridized carbons (Fsp3) is 1.00. The molecule has 0 bridgehead atoms. The molecule has 0 aromatic carbocycles. The Morgan fingerprint density at radius 2 is 2.23 bits per heavy atom. The summed E-state index contributed by atoms with van der Waals surface area (Å²) >= 11 is 0. The Labute approximate surface area is 80.4 Å². The SMILES string of the molecule is CC1COC(C2CCCCN2C)N1. The second kappa shape index (κ2) is 3.95. The Hall–Kier alpha value is -0.120. The molecule has 3 atom stereocenters. The zero-order valence-corrected chi connectivity index (χ0v) is 8.62. The molecule has 1 N–H and O–H groups in total. The van der Waals surface area contributed by atoms with E-state index >= 15 is 0 Å². The highest BCUT2D eigenvalue weighted by atomic mass is 16.5. The van der Waals surface area contributed by atoms with Gasteiger partial charge in [-0.3, -0.25) is 10.2 Å². The van der Waals surface area contributed by atoms with Crippen LogP contribution in [0.4, 0.5) is 0 Å². The Bertz CT molecular complexity index is 174. The zero-order valence-electron chi connectivity index (χ0n) is 8.62. The Kier molecular flexibility index (Phi) is 2.86. The molecule has 0 aromatic rings. The zero-order chi connectivity index (χ0) is 9.26. The lowest BCUT2D eigenvalue weighted by Crippen LogP contribution is -2.49. The quantitative estimate of drug-likeness (QED) is 0.652. The van der Waals surface area contributed by atoms with Crippen molar-refractivity contribution in [3.05, 3.63) is 0 Å². The molecule has 13 heavy (non-hydrogen) atoms. The van der Waals surface area contributed by atoms with E-state index in [2.05, 4.69) is 24.2 Å². The van der Waals surface area contributed by atoms with Crippen LogP contribution in [0, 0.1) is 0 Å². The van der Waals surface area contributed by atoms with Crippen molar-refractivity contribution in [2.24, 2.45) is 0 Å². The normalized spacial score (nSPS) is 42.5. The fourth-order valence-corrected chi connectivity index (χ4v) is 2.33. The van der Waals surface area contributed by atoms with Crippen molar-refractivity contribution >= 4 is 0 Å². The summed E-state index contributed by atoms with van der Waals surface area (Å²) in [5, 5.41) is 3.49. The fourth-order valence-electron chi connectivity index (χ4n) is 2.33. The Morgan fingerprint density at radius 3 is 2.85 bits per heavy atom. The van der Waals surface area contributed by atoms with E-state index in [4.69, 9.17) is 4.74 Å². The summed E-state index contributed by atoms with van der Waals surface area (Å²) in [6, 6.07) is 1.12. The molecule has 2 rings (SSSR count). The van der Waals surface area contributed by atoms with Gasteiger partial charge >= 0.3 is 0 Å². The highest BCUT2D eigenvalue weighted by Gasteiger charge is 2.32. The van der Waals surface area contributed by atoms with E-state index in [0.29, 0.717) is 12.1 Å². The third-order valence-electron chi connectivity index (χ3n) is 3.15. The minimum atomic E-state index is 0.278. The van der Waals surface area contributed by atoms with Crippen molar-refractivity contribution in [1.29, 1.82) is 0 Å². The summed E-state index contributed by atoms with van der Waals surface area (Å²) < 4.78 is 5.72. The molecule has 2 saturated heterocycles. The molecule has 3 heteroatoms. The molecule has 0 aliphatic carbocycles. The summed E-state index contributed by atoms with van der Waals surface area (Å²) in [6.07, 6.45) is 4.25. The van der Waals surface area contributed by atoms with Gasteiger partial charge in [0.05, 0.1) is 6.61 Å². The molecule has 0 amide bonds. The number of rotatable bonds is 1. The standard InChI is InChI=1S/C10H20N2O/c1-8-7-13-10(11-8)9-5-3-4-6-12(9)2/h8-11H,3-7H2,1-2H3. The second-order valence-electron chi connectivity index (χ2n) is 4.37. The van der Waals surface area contributed by atoms with Gasteiger partial charge in [0.2, 0.25) is 0 Å². The second-order valence-corrected chi connectivity index (χ2v) is 4.37. The maximum Gasteiger partial charge on any atom is 0.124 e. The van der Waals surface area contributed by atoms with Gasteiger partial charge in [-0.25, -0.2) is 0 Å². The van der Waals surface area contributed by atoms with Crippen molar-refractivity contribution < 1.29 is 4.74 Å². The van der Waals surface area contributed by atoms with Crippen LogP contribution in [0.15, 0.2) is 0 Å². The molecular weight excluding hydrogens is 164 g/mol. The van der Waals surface area contributed by atoms with Crippen LogP contribution < -0.4 is 5.32 Å². The largest absolute Gasteiger partial charge is 0.360 e. The molecule has 2 aliphatic rings. The molecule has 2 heterocycles. The van der Waals surface area contributed by atoms with Crippen molar-refractivity contribution in [3.8, 4) is 0 Å². The van der Waals surface area contributed by atoms with Gasteiger partial charge in [0.25, 0.3) is 0 Å². The number of nitrogens with one attached hydrogen (secondary N) is 1. The molecule has 3 nitrogen and oxygen atoms in total. The first-order chi connectivity index (χ1) is 6.27. The summed E-state index contributed by atoms with van der Waals surface area (Å²) in [5.41, 5.74) is 0. The molecule has 0 spiro atoms. The molecule has 76 valence electrons. The van der Waals surface area contributed by atoms with Crippen LogP contribution >= 0.6 is 0 Å². The highest BCUT2D eigenvalue weighted by molar-refractivity contribution is 4.85. The first kappa shape index (κ1) is 9.44. The van der Waals surface area contributed by atoms with Crippen LogP contribution in [-0.2, 0) is 4.74 Å². The first-order valence-electron chi connectivity index (χ1n) is 5.35. The highest BCUT2D eigenvalue weighted by Crippen LogP contribution is 2.21. The lowest BCUT2D eigenvalue weighted by molar-refractivity contribution is 0.00811. The number of ether oxygens (including phenoxy) is 1. The third-order valence-corrected chi connectivity index (χ3v) is 3.15.